The van der Waals surface area contributed by atoms with E-state index in [2.05, 4.69) is 55.2 Å². The summed E-state index contributed by atoms with van der Waals surface area (Å²) in [5.74, 6) is -3.35. The molecule has 28 heavy (non-hydrogen) atoms. The Hall–Kier alpha value is -0.660. The molecule has 13 heteroatoms. The van der Waals surface area contributed by atoms with Gasteiger partial charge in [-0.25, -0.2) is 13.2 Å². The van der Waals surface area contributed by atoms with Crippen LogP contribution in [0.25, 0.3) is 0 Å². The number of anilines is 1. The summed E-state index contributed by atoms with van der Waals surface area (Å²) in [5.41, 5.74) is 0.713. The first kappa shape index (κ1) is 23.6. The quantitative estimate of drug-likeness (QED) is 0.164. The van der Waals surface area contributed by atoms with Gasteiger partial charge in [-0.15, -0.1) is 0 Å². The molecule has 150 valence electrons. The van der Waals surface area contributed by atoms with Gasteiger partial charge in [-0.1, -0.05) is 0 Å². The molecule has 0 saturated heterocycles. The standard InChI is InChI=1S/C15H8F2I3NO6S/c16-15(17,28(24,25)26)14(23)27-9-3-1-8(2-4-9)21-13(22)10-5-7(18)6-11(19)12(10)20/h1-6H,(H,21,22)(H,24,25,26)/p-1. The number of hydrogen-bond acceptors (Lipinski definition) is 6. The Bertz CT molecular complexity index is 1040. The van der Waals surface area contributed by atoms with Crippen LogP contribution in [0.2, 0.25) is 0 Å². The van der Waals surface area contributed by atoms with Crippen LogP contribution in [0.1, 0.15) is 10.4 Å². The second kappa shape index (κ2) is 9.00. The Morgan fingerprint density at radius 1 is 1.07 bits per heavy atom. The number of carbonyl (C=O) groups is 2. The van der Waals surface area contributed by atoms with E-state index >= 15 is 0 Å². The molecule has 0 spiro atoms. The van der Waals surface area contributed by atoms with Crippen LogP contribution in [-0.2, 0) is 14.9 Å². The van der Waals surface area contributed by atoms with E-state index < -0.39 is 33.0 Å². The van der Waals surface area contributed by atoms with Gasteiger partial charge >= 0.3 is 11.2 Å². The largest absolute Gasteiger partial charge is 0.743 e. The van der Waals surface area contributed by atoms with E-state index in [1.165, 1.54) is 12.1 Å². The monoisotopic (exact) mass is 748 g/mol. The third kappa shape index (κ3) is 5.48. The van der Waals surface area contributed by atoms with Crippen LogP contribution >= 0.6 is 67.8 Å². The first-order valence-corrected chi connectivity index (χ1v) is 11.6. The van der Waals surface area contributed by atoms with Gasteiger partial charge in [-0.2, -0.15) is 8.78 Å². The van der Waals surface area contributed by atoms with Crippen molar-refractivity contribution in [2.45, 2.75) is 5.25 Å². The molecular formula is C15H7F2I3NO6S-. The van der Waals surface area contributed by atoms with Gasteiger partial charge in [0.2, 0.25) is 0 Å². The fourth-order valence-corrected chi connectivity index (χ4v) is 4.44. The topological polar surface area (TPSA) is 113 Å². The van der Waals surface area contributed by atoms with Crippen LogP contribution in [0.5, 0.6) is 5.75 Å². The molecule has 0 aliphatic heterocycles. The second-order valence-corrected chi connectivity index (χ2v) is 10.00. The number of halogens is 5. The van der Waals surface area contributed by atoms with E-state index in [0.29, 0.717) is 5.56 Å². The highest BCUT2D eigenvalue weighted by molar-refractivity contribution is 14.1. The first-order valence-electron chi connectivity index (χ1n) is 6.94. The van der Waals surface area contributed by atoms with E-state index in [1.54, 1.807) is 6.07 Å². The van der Waals surface area contributed by atoms with Crippen molar-refractivity contribution in [3.63, 3.8) is 0 Å². The molecular weight excluding hydrogens is 741 g/mol. The van der Waals surface area contributed by atoms with E-state index in [4.69, 9.17) is 0 Å². The summed E-state index contributed by atoms with van der Waals surface area (Å²) < 4.78 is 64.2. The van der Waals surface area contributed by atoms with Crippen molar-refractivity contribution in [3.8, 4) is 5.75 Å². The summed E-state index contributed by atoms with van der Waals surface area (Å²) in [6.45, 7) is 0. The lowest BCUT2D eigenvalue weighted by molar-refractivity contribution is -0.151. The summed E-state index contributed by atoms with van der Waals surface area (Å²) >= 11 is 6.21. The first-order chi connectivity index (χ1) is 12.8. The van der Waals surface area contributed by atoms with Crippen molar-refractivity contribution in [1.82, 2.24) is 0 Å². The predicted octanol–water partition coefficient (Wildman–Crippen LogP) is 3.80. The molecule has 1 amide bonds. The number of ether oxygens (including phenoxy) is 1. The van der Waals surface area contributed by atoms with Crippen LogP contribution in [0.15, 0.2) is 36.4 Å². The highest BCUT2D eigenvalue weighted by atomic mass is 127. The zero-order chi connectivity index (χ0) is 21.3. The van der Waals surface area contributed by atoms with Gasteiger partial charge in [0.1, 0.15) is 5.75 Å². The van der Waals surface area contributed by atoms with Gasteiger partial charge in [0.25, 0.3) is 5.91 Å². The van der Waals surface area contributed by atoms with Gasteiger partial charge in [0.15, 0.2) is 10.1 Å². The molecule has 0 aromatic heterocycles. The molecule has 7 nitrogen and oxygen atoms in total. The van der Waals surface area contributed by atoms with Crippen LogP contribution in [0, 0.1) is 10.7 Å². The lowest BCUT2D eigenvalue weighted by atomic mass is 10.2. The maximum absolute atomic E-state index is 13.1. The normalized spacial score (nSPS) is 11.8. The third-order valence-electron chi connectivity index (χ3n) is 3.11. The molecule has 0 radical (unpaired) electrons. The molecule has 0 atom stereocenters. The van der Waals surface area contributed by atoms with E-state index in [1.807, 2.05) is 28.7 Å². The smallest absolute Gasteiger partial charge is 0.429 e. The van der Waals surface area contributed by atoms with Crippen molar-refractivity contribution in [2.24, 2.45) is 0 Å². The van der Waals surface area contributed by atoms with Gasteiger partial charge in [0, 0.05) is 16.4 Å². The highest BCUT2D eigenvalue weighted by Crippen LogP contribution is 2.26. The molecule has 2 aromatic carbocycles. The van der Waals surface area contributed by atoms with Gasteiger partial charge in [-0.3, -0.25) is 4.79 Å². The Labute approximate surface area is 198 Å². The van der Waals surface area contributed by atoms with Crippen molar-refractivity contribution < 1.29 is 36.1 Å². The highest BCUT2D eigenvalue weighted by Gasteiger charge is 2.48. The average molecular weight is 748 g/mol. The van der Waals surface area contributed by atoms with Crippen molar-refractivity contribution in [3.05, 3.63) is 52.7 Å². The summed E-state index contributed by atoms with van der Waals surface area (Å²) in [6, 6.07) is 8.24. The van der Waals surface area contributed by atoms with Crippen molar-refractivity contribution in [2.75, 3.05) is 5.32 Å². The Morgan fingerprint density at radius 3 is 2.18 bits per heavy atom. The van der Waals surface area contributed by atoms with Gasteiger partial charge in [-0.05, 0) is 104 Å². The molecule has 0 saturated carbocycles. The molecule has 2 aromatic rings. The maximum Gasteiger partial charge on any atom is 0.429 e. The maximum atomic E-state index is 13.1. The molecule has 0 aliphatic rings. The molecule has 0 heterocycles. The van der Waals surface area contributed by atoms with Crippen molar-refractivity contribution in [1.29, 1.82) is 0 Å². The average Bonchev–Trinajstić information content (AvgIpc) is 2.58. The lowest BCUT2D eigenvalue weighted by Crippen LogP contribution is -2.40. The molecule has 1 N–H and O–H groups in total. The Morgan fingerprint density at radius 2 is 1.64 bits per heavy atom. The van der Waals surface area contributed by atoms with E-state index in [0.717, 1.165) is 22.8 Å². The number of amides is 1. The van der Waals surface area contributed by atoms with Gasteiger partial charge < -0.3 is 14.6 Å². The minimum atomic E-state index is -6.20. The van der Waals surface area contributed by atoms with Gasteiger partial charge in [0.05, 0.1) is 5.56 Å². The predicted molar refractivity (Wildman–Crippen MR) is 119 cm³/mol. The number of alkyl halides is 2. The molecule has 2 rings (SSSR count). The van der Waals surface area contributed by atoms with Crippen LogP contribution in [0.3, 0.4) is 0 Å². The summed E-state index contributed by atoms with van der Waals surface area (Å²) in [5, 5.41) is -2.61. The van der Waals surface area contributed by atoms with Crippen molar-refractivity contribution >= 4 is 95.5 Å². The number of hydrogen-bond donors (Lipinski definition) is 1. The zero-order valence-electron chi connectivity index (χ0n) is 13.2. The minimum Gasteiger partial charge on any atom is -0.743 e. The minimum absolute atomic E-state index is 0.276. The zero-order valence-corrected chi connectivity index (χ0v) is 20.5. The number of carbonyl (C=O) groups excluding carboxylic acids is 2. The second-order valence-electron chi connectivity index (χ2n) is 5.09. The van der Waals surface area contributed by atoms with E-state index in [9.17, 15) is 31.3 Å². The fourth-order valence-electron chi connectivity index (χ4n) is 1.79. The summed E-state index contributed by atoms with van der Waals surface area (Å²) in [6.07, 6.45) is 0. The van der Waals surface area contributed by atoms with Crippen LogP contribution in [-0.4, -0.2) is 30.1 Å². The molecule has 0 aliphatic carbocycles. The lowest BCUT2D eigenvalue weighted by Gasteiger charge is -2.17. The van der Waals surface area contributed by atoms with E-state index in [-0.39, 0.29) is 5.69 Å². The Kier molecular flexibility index (Phi) is 7.59. The fraction of sp³-hybridized carbons (Fsp3) is 0.0667. The number of esters is 1. The van der Waals surface area contributed by atoms with Crippen LogP contribution in [0.4, 0.5) is 14.5 Å². The molecule has 0 bridgehead atoms. The number of nitrogens with one attached hydrogen (secondary N) is 1. The number of rotatable bonds is 5. The summed E-state index contributed by atoms with van der Waals surface area (Å²) in [4.78, 5) is 23.6. The number of benzene rings is 2. The SMILES string of the molecule is O=C(Nc1ccc(OC(=O)C(F)(F)S(=O)(=O)[O-])cc1)c1cc(I)cc(I)c1I. The third-order valence-corrected chi connectivity index (χ3v) is 7.57. The van der Waals surface area contributed by atoms with Crippen LogP contribution < -0.4 is 10.1 Å². The molecule has 0 unspecified atom stereocenters. The summed E-state index contributed by atoms with van der Waals surface area (Å²) in [7, 11) is -6.20. The molecule has 0 fully saturated rings. The Balaban J connectivity index is 2.13.